The van der Waals surface area contributed by atoms with Gasteiger partial charge in [-0.1, -0.05) is 26.1 Å². The van der Waals surface area contributed by atoms with E-state index in [1.165, 1.54) is 0 Å². The van der Waals surface area contributed by atoms with Crippen molar-refractivity contribution in [3.05, 3.63) is 0 Å². The molecule has 1 atom stereocenters. The van der Waals surface area contributed by atoms with Gasteiger partial charge in [-0.15, -0.1) is 0 Å². The van der Waals surface area contributed by atoms with Crippen LogP contribution in [0.4, 0.5) is 0 Å². The van der Waals surface area contributed by atoms with Gasteiger partial charge in [-0.05, 0) is 39.3 Å². The summed E-state index contributed by atoms with van der Waals surface area (Å²) in [6, 6.07) is 0. The molecule has 1 rings (SSSR count). The monoisotopic (exact) mass is 285 g/mol. The van der Waals surface area contributed by atoms with Gasteiger partial charge in [0.25, 0.3) is 0 Å². The zero-order chi connectivity index (χ0) is 14.7. The molecule has 1 amide bonds. The Kier molecular flexibility index (Phi) is 5.33. The van der Waals surface area contributed by atoms with Gasteiger partial charge in [0.05, 0.1) is 10.4 Å². The smallest absolute Gasteiger partial charge is 0.227 e. The first kappa shape index (κ1) is 16.4. The van der Waals surface area contributed by atoms with Crippen molar-refractivity contribution in [3.63, 3.8) is 0 Å². The van der Waals surface area contributed by atoms with Gasteiger partial charge in [-0.3, -0.25) is 4.79 Å². The van der Waals surface area contributed by atoms with Crippen LogP contribution in [0.1, 0.15) is 40.0 Å². The second-order valence-electron chi connectivity index (χ2n) is 6.52. The van der Waals surface area contributed by atoms with Crippen LogP contribution in [-0.2, 0) is 4.79 Å². The number of rotatable bonds is 6. The summed E-state index contributed by atoms with van der Waals surface area (Å²) in [5.41, 5.74) is 5.43. The highest BCUT2D eigenvalue weighted by molar-refractivity contribution is 7.80. The molecule has 1 unspecified atom stereocenters. The molecule has 1 aliphatic heterocycles. The van der Waals surface area contributed by atoms with Gasteiger partial charge >= 0.3 is 0 Å². The fraction of sp³-hybridized carbons (Fsp3) is 0.857. The summed E-state index contributed by atoms with van der Waals surface area (Å²) in [5.74, 6) is 0.151. The molecule has 3 N–H and O–H groups in total. The maximum atomic E-state index is 11.8. The average molecular weight is 285 g/mol. The van der Waals surface area contributed by atoms with Crippen molar-refractivity contribution in [2.75, 3.05) is 26.7 Å². The third-order valence-corrected chi connectivity index (χ3v) is 4.82. The van der Waals surface area contributed by atoms with E-state index in [0.29, 0.717) is 4.99 Å². The van der Waals surface area contributed by atoms with Gasteiger partial charge in [0.1, 0.15) is 0 Å². The first-order valence-electron chi connectivity index (χ1n) is 6.96. The van der Waals surface area contributed by atoms with Crippen molar-refractivity contribution in [1.29, 1.82) is 0 Å². The molecule has 1 fully saturated rings. The van der Waals surface area contributed by atoms with Crippen LogP contribution in [0.2, 0.25) is 0 Å². The molecule has 0 aromatic carbocycles. The van der Waals surface area contributed by atoms with Gasteiger partial charge in [-0.25, -0.2) is 0 Å². The van der Waals surface area contributed by atoms with E-state index in [4.69, 9.17) is 18.0 Å². The van der Waals surface area contributed by atoms with Crippen molar-refractivity contribution in [3.8, 4) is 0 Å². The minimum Gasteiger partial charge on any atom is -0.393 e. The van der Waals surface area contributed by atoms with E-state index in [9.17, 15) is 4.79 Å². The summed E-state index contributed by atoms with van der Waals surface area (Å²) in [5, 5.41) is 2.76. The Morgan fingerprint density at radius 2 is 2.16 bits per heavy atom. The van der Waals surface area contributed by atoms with E-state index >= 15 is 0 Å². The molecular weight excluding hydrogens is 258 g/mol. The number of likely N-dealkylation sites (tertiary alicyclic amines) is 1. The van der Waals surface area contributed by atoms with Crippen LogP contribution in [0.5, 0.6) is 0 Å². The second kappa shape index (κ2) is 6.18. The highest BCUT2D eigenvalue weighted by Crippen LogP contribution is 2.31. The number of hydrogen-bond acceptors (Lipinski definition) is 3. The van der Waals surface area contributed by atoms with E-state index in [2.05, 4.69) is 24.1 Å². The Bertz CT molecular complexity index is 357. The Morgan fingerprint density at radius 3 is 2.68 bits per heavy atom. The third kappa shape index (κ3) is 4.14. The molecule has 0 aromatic heterocycles. The van der Waals surface area contributed by atoms with E-state index in [0.717, 1.165) is 38.9 Å². The van der Waals surface area contributed by atoms with Crippen LogP contribution in [0, 0.1) is 10.8 Å². The maximum Gasteiger partial charge on any atom is 0.227 e. The van der Waals surface area contributed by atoms with E-state index in [1.807, 2.05) is 6.92 Å². The highest BCUT2D eigenvalue weighted by atomic mass is 32.1. The Hall–Kier alpha value is -0.680. The van der Waals surface area contributed by atoms with E-state index in [-0.39, 0.29) is 16.7 Å². The molecule has 1 heterocycles. The fourth-order valence-electron chi connectivity index (χ4n) is 2.60. The number of amides is 1. The van der Waals surface area contributed by atoms with Crippen LogP contribution in [0.15, 0.2) is 0 Å². The number of hydrogen-bond donors (Lipinski definition) is 2. The Labute approximate surface area is 122 Å². The van der Waals surface area contributed by atoms with Crippen LogP contribution in [0.25, 0.3) is 0 Å². The summed E-state index contributed by atoms with van der Waals surface area (Å²) in [4.78, 5) is 14.8. The van der Waals surface area contributed by atoms with E-state index in [1.54, 1.807) is 7.05 Å². The lowest BCUT2D eigenvalue weighted by molar-refractivity contribution is -0.129. The van der Waals surface area contributed by atoms with Gasteiger partial charge in [-0.2, -0.15) is 0 Å². The number of nitrogens with one attached hydrogen (secondary N) is 1. The number of carbonyl (C=O) groups is 1. The molecule has 19 heavy (non-hydrogen) atoms. The topological polar surface area (TPSA) is 58.4 Å². The molecule has 5 heteroatoms. The maximum absolute atomic E-state index is 11.8. The number of thiocarbonyl (C=S) groups is 1. The molecular formula is C14H27N3OS. The lowest BCUT2D eigenvalue weighted by atomic mass is 9.87. The van der Waals surface area contributed by atoms with Crippen molar-refractivity contribution in [2.24, 2.45) is 16.6 Å². The molecule has 110 valence electrons. The molecule has 0 bridgehead atoms. The van der Waals surface area contributed by atoms with Crippen molar-refractivity contribution in [1.82, 2.24) is 10.2 Å². The van der Waals surface area contributed by atoms with Gasteiger partial charge in [0.2, 0.25) is 5.91 Å². The van der Waals surface area contributed by atoms with Gasteiger partial charge in [0.15, 0.2) is 0 Å². The quantitative estimate of drug-likeness (QED) is 0.727. The molecule has 1 saturated heterocycles. The van der Waals surface area contributed by atoms with Crippen LogP contribution in [-0.4, -0.2) is 42.5 Å². The normalized spacial score (nSPS) is 24.4. The number of nitrogens with two attached hydrogens (primary N) is 1. The average Bonchev–Trinajstić information content (AvgIpc) is 2.71. The molecule has 0 aromatic rings. The minimum absolute atomic E-state index is 0.0703. The molecule has 0 radical (unpaired) electrons. The van der Waals surface area contributed by atoms with Crippen molar-refractivity contribution in [2.45, 2.75) is 40.0 Å². The fourth-order valence-corrected chi connectivity index (χ4v) is 2.70. The molecule has 1 aliphatic rings. The van der Waals surface area contributed by atoms with Crippen LogP contribution < -0.4 is 11.1 Å². The Balaban J connectivity index is 2.38. The van der Waals surface area contributed by atoms with Crippen molar-refractivity contribution < 1.29 is 4.79 Å². The minimum atomic E-state index is -0.229. The van der Waals surface area contributed by atoms with Crippen LogP contribution in [0.3, 0.4) is 0 Å². The largest absolute Gasteiger partial charge is 0.393 e. The number of nitrogens with zero attached hydrogens (tertiary/aromatic N) is 1. The lowest BCUT2D eigenvalue weighted by Gasteiger charge is -2.25. The molecule has 0 spiro atoms. The SMILES string of the molecule is CNC(=O)C1(C)CCN(CCCC(C)(C)C(N)=S)C1. The first-order valence-corrected chi connectivity index (χ1v) is 7.36. The predicted molar refractivity (Wildman–Crippen MR) is 83.0 cm³/mol. The van der Waals surface area contributed by atoms with Crippen molar-refractivity contribution >= 4 is 23.1 Å². The van der Waals surface area contributed by atoms with Crippen LogP contribution >= 0.6 is 12.2 Å². The summed E-state index contributed by atoms with van der Waals surface area (Å²) in [6.45, 7) is 9.09. The highest BCUT2D eigenvalue weighted by Gasteiger charge is 2.39. The van der Waals surface area contributed by atoms with Gasteiger partial charge < -0.3 is 16.0 Å². The second-order valence-corrected chi connectivity index (χ2v) is 6.96. The summed E-state index contributed by atoms with van der Waals surface area (Å²) < 4.78 is 0. The standard InChI is InChI=1S/C14H27N3OS/c1-13(2,11(15)19)6-5-8-17-9-7-14(3,10-17)12(18)16-4/h5-10H2,1-4H3,(H2,15,19)(H,16,18). The van der Waals surface area contributed by atoms with Gasteiger partial charge in [0, 0.05) is 19.0 Å². The zero-order valence-corrected chi connectivity index (χ0v) is 13.4. The third-order valence-electron chi connectivity index (χ3n) is 4.27. The first-order chi connectivity index (χ1) is 8.71. The molecule has 0 saturated carbocycles. The van der Waals surface area contributed by atoms with E-state index < -0.39 is 0 Å². The Morgan fingerprint density at radius 1 is 1.53 bits per heavy atom. The molecule has 4 nitrogen and oxygen atoms in total. The zero-order valence-electron chi connectivity index (χ0n) is 12.6. The molecule has 0 aliphatic carbocycles. The lowest BCUT2D eigenvalue weighted by Crippen LogP contribution is -2.39. The predicted octanol–water partition coefficient (Wildman–Crippen LogP) is 1.54. The number of carbonyl (C=O) groups excluding carboxylic acids is 1. The summed E-state index contributed by atoms with van der Waals surface area (Å²) in [6.07, 6.45) is 3.00. The summed E-state index contributed by atoms with van der Waals surface area (Å²) >= 11 is 5.08. The summed E-state index contributed by atoms with van der Waals surface area (Å²) in [7, 11) is 1.71.